The zero-order chi connectivity index (χ0) is 13.0. The van der Waals surface area contributed by atoms with Crippen LogP contribution in [0.3, 0.4) is 0 Å². The number of benzene rings is 2. The van der Waals surface area contributed by atoms with E-state index in [1.807, 2.05) is 31.2 Å². The first-order valence-corrected chi connectivity index (χ1v) is 5.86. The van der Waals surface area contributed by atoms with E-state index in [1.165, 1.54) is 12.1 Å². The summed E-state index contributed by atoms with van der Waals surface area (Å²) < 4.78 is 18.8. The number of hydrogen-bond acceptors (Lipinski definition) is 2. The highest BCUT2D eigenvalue weighted by Crippen LogP contribution is 2.17. The lowest BCUT2D eigenvalue weighted by atomic mass is 10.1. The van der Waals surface area contributed by atoms with Crippen molar-refractivity contribution in [1.29, 1.82) is 0 Å². The zero-order valence-electron chi connectivity index (χ0n) is 10.3. The number of aryl methyl sites for hydroxylation is 1. The lowest BCUT2D eigenvalue weighted by molar-refractivity contribution is 0.304. The average Bonchev–Trinajstić information content (AvgIpc) is 2.37. The van der Waals surface area contributed by atoms with E-state index < -0.39 is 0 Å². The highest BCUT2D eigenvalue weighted by Gasteiger charge is 2.04. The largest absolute Gasteiger partial charge is 0.489 e. The van der Waals surface area contributed by atoms with Crippen LogP contribution in [0.4, 0.5) is 4.39 Å². The molecule has 2 nitrogen and oxygen atoms in total. The van der Waals surface area contributed by atoms with Crippen molar-refractivity contribution < 1.29 is 9.13 Å². The Bertz CT molecular complexity index is 540. The highest BCUT2D eigenvalue weighted by molar-refractivity contribution is 5.30. The van der Waals surface area contributed by atoms with Gasteiger partial charge in [0.15, 0.2) is 0 Å². The molecule has 0 radical (unpaired) electrons. The Balaban J connectivity index is 2.12. The zero-order valence-corrected chi connectivity index (χ0v) is 10.3. The van der Waals surface area contributed by atoms with Crippen molar-refractivity contribution in [2.24, 2.45) is 5.73 Å². The Morgan fingerprint density at radius 2 is 1.94 bits per heavy atom. The minimum atomic E-state index is -0.268. The second-order valence-corrected chi connectivity index (χ2v) is 4.22. The SMILES string of the molecule is Cc1cccc(OCc2cc(F)ccc2CN)c1. The van der Waals surface area contributed by atoms with Crippen LogP contribution in [-0.4, -0.2) is 0 Å². The van der Waals surface area contributed by atoms with Gasteiger partial charge in [-0.15, -0.1) is 0 Å². The molecule has 0 atom stereocenters. The van der Waals surface area contributed by atoms with E-state index in [4.69, 9.17) is 10.5 Å². The van der Waals surface area contributed by atoms with Gasteiger partial charge in [0, 0.05) is 6.54 Å². The van der Waals surface area contributed by atoms with Gasteiger partial charge in [-0.25, -0.2) is 4.39 Å². The molecule has 2 aromatic carbocycles. The molecule has 3 heteroatoms. The fourth-order valence-electron chi connectivity index (χ4n) is 1.79. The van der Waals surface area contributed by atoms with Crippen LogP contribution in [0.25, 0.3) is 0 Å². The van der Waals surface area contributed by atoms with E-state index in [2.05, 4.69) is 0 Å². The minimum Gasteiger partial charge on any atom is -0.489 e. The maximum atomic E-state index is 13.2. The third-order valence-electron chi connectivity index (χ3n) is 2.77. The van der Waals surface area contributed by atoms with Gasteiger partial charge in [-0.05, 0) is 47.9 Å². The van der Waals surface area contributed by atoms with E-state index in [9.17, 15) is 4.39 Å². The molecule has 0 aliphatic heterocycles. The molecule has 2 N–H and O–H groups in total. The van der Waals surface area contributed by atoms with Gasteiger partial charge in [0.2, 0.25) is 0 Å². The van der Waals surface area contributed by atoms with Gasteiger partial charge in [0.05, 0.1) is 0 Å². The molecule has 0 amide bonds. The smallest absolute Gasteiger partial charge is 0.123 e. The lowest BCUT2D eigenvalue weighted by Gasteiger charge is -2.10. The van der Waals surface area contributed by atoms with Crippen LogP contribution in [0, 0.1) is 12.7 Å². The molecule has 0 spiro atoms. The molecule has 0 saturated carbocycles. The summed E-state index contributed by atoms with van der Waals surface area (Å²) in [6, 6.07) is 12.3. The first-order chi connectivity index (χ1) is 8.69. The summed E-state index contributed by atoms with van der Waals surface area (Å²) in [4.78, 5) is 0. The summed E-state index contributed by atoms with van der Waals surface area (Å²) in [5, 5.41) is 0. The summed E-state index contributed by atoms with van der Waals surface area (Å²) in [6.45, 7) is 2.71. The van der Waals surface area contributed by atoms with Crippen LogP contribution in [-0.2, 0) is 13.2 Å². The van der Waals surface area contributed by atoms with Crippen LogP contribution < -0.4 is 10.5 Å². The second kappa shape index (κ2) is 5.65. The van der Waals surface area contributed by atoms with Crippen molar-refractivity contribution in [2.75, 3.05) is 0 Å². The Morgan fingerprint density at radius 3 is 2.67 bits per heavy atom. The summed E-state index contributed by atoms with van der Waals surface area (Å²) >= 11 is 0. The number of nitrogens with two attached hydrogens (primary N) is 1. The fraction of sp³-hybridized carbons (Fsp3) is 0.200. The monoisotopic (exact) mass is 245 g/mol. The predicted molar refractivity (Wildman–Crippen MR) is 69.8 cm³/mol. The molecule has 2 aromatic rings. The normalized spacial score (nSPS) is 10.4. The second-order valence-electron chi connectivity index (χ2n) is 4.22. The average molecular weight is 245 g/mol. The van der Waals surface area contributed by atoms with Crippen molar-refractivity contribution in [3.63, 3.8) is 0 Å². The van der Waals surface area contributed by atoms with Crippen LogP contribution in [0.2, 0.25) is 0 Å². The third-order valence-corrected chi connectivity index (χ3v) is 2.77. The van der Waals surface area contributed by atoms with Gasteiger partial charge in [0.1, 0.15) is 18.2 Å². The standard InChI is InChI=1S/C15H16FNO/c1-11-3-2-4-15(7-11)18-10-13-8-14(16)6-5-12(13)9-17/h2-8H,9-10,17H2,1H3. The molecule has 0 heterocycles. The van der Waals surface area contributed by atoms with Gasteiger partial charge in [-0.2, -0.15) is 0 Å². The van der Waals surface area contributed by atoms with E-state index in [-0.39, 0.29) is 5.82 Å². The molecule has 0 aliphatic carbocycles. The summed E-state index contributed by atoms with van der Waals surface area (Å²) in [5.74, 6) is 0.511. The topological polar surface area (TPSA) is 35.2 Å². The van der Waals surface area contributed by atoms with Crippen LogP contribution >= 0.6 is 0 Å². The quantitative estimate of drug-likeness (QED) is 0.898. The van der Waals surface area contributed by atoms with Gasteiger partial charge >= 0.3 is 0 Å². The van der Waals surface area contributed by atoms with Crippen LogP contribution in [0.5, 0.6) is 5.75 Å². The maximum Gasteiger partial charge on any atom is 0.123 e. The fourth-order valence-corrected chi connectivity index (χ4v) is 1.79. The molecule has 0 unspecified atom stereocenters. The predicted octanol–water partition coefficient (Wildman–Crippen LogP) is 3.17. The van der Waals surface area contributed by atoms with E-state index in [0.717, 1.165) is 22.4 Å². The van der Waals surface area contributed by atoms with Crippen molar-refractivity contribution in [3.05, 3.63) is 65.0 Å². The molecule has 0 aliphatic rings. The van der Waals surface area contributed by atoms with Crippen molar-refractivity contribution in [1.82, 2.24) is 0 Å². The summed E-state index contributed by atoms with van der Waals surface area (Å²) in [5.41, 5.74) is 8.44. The van der Waals surface area contributed by atoms with Gasteiger partial charge in [-0.3, -0.25) is 0 Å². The number of hydrogen-bond donors (Lipinski definition) is 1. The van der Waals surface area contributed by atoms with Crippen molar-refractivity contribution >= 4 is 0 Å². The number of ether oxygens (including phenoxy) is 1. The lowest BCUT2D eigenvalue weighted by Crippen LogP contribution is -2.05. The van der Waals surface area contributed by atoms with Gasteiger partial charge in [-0.1, -0.05) is 18.2 Å². The van der Waals surface area contributed by atoms with E-state index in [0.29, 0.717) is 13.2 Å². The maximum absolute atomic E-state index is 13.2. The molecule has 0 aromatic heterocycles. The third kappa shape index (κ3) is 3.08. The van der Waals surface area contributed by atoms with Crippen LogP contribution in [0.15, 0.2) is 42.5 Å². The van der Waals surface area contributed by atoms with Crippen molar-refractivity contribution in [2.45, 2.75) is 20.1 Å². The number of rotatable bonds is 4. The molecule has 0 bridgehead atoms. The first kappa shape index (κ1) is 12.6. The molecule has 2 rings (SSSR count). The summed E-state index contributed by atoms with van der Waals surface area (Å²) in [6.07, 6.45) is 0. The van der Waals surface area contributed by atoms with E-state index in [1.54, 1.807) is 6.07 Å². The molecule has 18 heavy (non-hydrogen) atoms. The van der Waals surface area contributed by atoms with Gasteiger partial charge in [0.25, 0.3) is 0 Å². The minimum absolute atomic E-state index is 0.268. The molecule has 0 fully saturated rings. The Hall–Kier alpha value is -1.87. The van der Waals surface area contributed by atoms with Crippen LogP contribution in [0.1, 0.15) is 16.7 Å². The van der Waals surface area contributed by atoms with E-state index >= 15 is 0 Å². The molecular weight excluding hydrogens is 229 g/mol. The first-order valence-electron chi connectivity index (χ1n) is 5.86. The number of halogens is 1. The van der Waals surface area contributed by atoms with Crippen molar-refractivity contribution in [3.8, 4) is 5.75 Å². The van der Waals surface area contributed by atoms with Gasteiger partial charge < -0.3 is 10.5 Å². The summed E-state index contributed by atoms with van der Waals surface area (Å²) in [7, 11) is 0. The molecular formula is C15H16FNO. The molecule has 94 valence electrons. The molecule has 0 saturated heterocycles. The Labute approximate surface area is 106 Å². The highest BCUT2D eigenvalue weighted by atomic mass is 19.1. The Morgan fingerprint density at radius 1 is 1.11 bits per heavy atom. The Kier molecular flexibility index (Phi) is 3.95.